The molecule has 0 fully saturated rings. The predicted molar refractivity (Wildman–Crippen MR) is 49.3 cm³/mol. The normalized spacial score (nSPS) is 16.2. The summed E-state index contributed by atoms with van der Waals surface area (Å²) in [6.07, 6.45) is 0.424. The van der Waals surface area contributed by atoms with Crippen LogP contribution in [0.4, 0.5) is 0 Å². The minimum atomic E-state index is -0.479. The molecule has 4 heteroatoms. The van der Waals surface area contributed by atoms with Gasteiger partial charge in [-0.25, -0.2) is 0 Å². The van der Waals surface area contributed by atoms with Crippen molar-refractivity contribution < 1.29 is 19.7 Å². The summed E-state index contributed by atoms with van der Waals surface area (Å²) in [6.45, 7) is 1.66. The number of aliphatic hydroxyl groups excluding tert-OH is 2. The molecule has 0 saturated heterocycles. The highest BCUT2D eigenvalue weighted by molar-refractivity contribution is 4.60. The van der Waals surface area contributed by atoms with Gasteiger partial charge in [0.15, 0.2) is 6.29 Å². The predicted octanol–water partition coefficient (Wildman–Crippen LogP) is 0.517. The van der Waals surface area contributed by atoms with E-state index in [9.17, 15) is 5.11 Å². The van der Waals surface area contributed by atoms with Crippen molar-refractivity contribution in [3.8, 4) is 0 Å². The Morgan fingerprint density at radius 1 is 1.08 bits per heavy atom. The van der Waals surface area contributed by atoms with E-state index in [2.05, 4.69) is 0 Å². The molecule has 4 nitrogen and oxygen atoms in total. The van der Waals surface area contributed by atoms with Crippen LogP contribution in [0.1, 0.15) is 26.2 Å². The SMILES string of the molecule is COC(CC[C@H](O)C[C@@H](C)O)OC. The zero-order valence-corrected chi connectivity index (χ0v) is 8.56. The zero-order chi connectivity index (χ0) is 10.3. The molecule has 0 heterocycles. The van der Waals surface area contributed by atoms with Crippen molar-refractivity contribution in [3.05, 3.63) is 0 Å². The highest BCUT2D eigenvalue weighted by Crippen LogP contribution is 2.09. The molecule has 0 saturated carbocycles. The second kappa shape index (κ2) is 7.26. The number of hydrogen-bond acceptors (Lipinski definition) is 4. The van der Waals surface area contributed by atoms with E-state index < -0.39 is 12.2 Å². The van der Waals surface area contributed by atoms with Crippen LogP contribution in [0.25, 0.3) is 0 Å². The molecule has 0 amide bonds. The van der Waals surface area contributed by atoms with Gasteiger partial charge in [-0.3, -0.25) is 0 Å². The molecule has 2 atom stereocenters. The number of ether oxygens (including phenoxy) is 2. The van der Waals surface area contributed by atoms with E-state index in [0.29, 0.717) is 19.3 Å². The number of aliphatic hydroxyl groups is 2. The molecule has 0 aromatic carbocycles. The van der Waals surface area contributed by atoms with Crippen LogP contribution in [0.2, 0.25) is 0 Å². The summed E-state index contributed by atoms with van der Waals surface area (Å²) >= 11 is 0. The molecule has 0 unspecified atom stereocenters. The topological polar surface area (TPSA) is 58.9 Å². The van der Waals surface area contributed by atoms with Gasteiger partial charge >= 0.3 is 0 Å². The second-order valence-corrected chi connectivity index (χ2v) is 3.22. The molecule has 0 aliphatic carbocycles. The molecule has 13 heavy (non-hydrogen) atoms. The molecule has 0 radical (unpaired) electrons. The summed E-state index contributed by atoms with van der Waals surface area (Å²) in [4.78, 5) is 0. The van der Waals surface area contributed by atoms with Gasteiger partial charge in [0.05, 0.1) is 12.2 Å². The van der Waals surface area contributed by atoms with Crippen molar-refractivity contribution in [2.24, 2.45) is 0 Å². The molecule has 2 N–H and O–H groups in total. The first-order valence-electron chi connectivity index (χ1n) is 4.51. The Bertz CT molecular complexity index is 112. The van der Waals surface area contributed by atoms with E-state index >= 15 is 0 Å². The molecule has 0 aliphatic rings. The van der Waals surface area contributed by atoms with Gasteiger partial charge in [0.25, 0.3) is 0 Å². The summed E-state index contributed by atoms with van der Waals surface area (Å²) in [5.41, 5.74) is 0. The molecule has 0 spiro atoms. The van der Waals surface area contributed by atoms with Crippen LogP contribution in [0.15, 0.2) is 0 Å². The smallest absolute Gasteiger partial charge is 0.156 e. The van der Waals surface area contributed by atoms with Crippen molar-refractivity contribution in [2.75, 3.05) is 14.2 Å². The van der Waals surface area contributed by atoms with Crippen LogP contribution in [0.3, 0.4) is 0 Å². The number of rotatable bonds is 7. The molecular formula is C9H20O4. The molecular weight excluding hydrogens is 172 g/mol. The molecule has 80 valence electrons. The fourth-order valence-electron chi connectivity index (χ4n) is 1.17. The van der Waals surface area contributed by atoms with Crippen molar-refractivity contribution in [2.45, 2.75) is 44.7 Å². The third kappa shape index (κ3) is 6.95. The average molecular weight is 192 g/mol. The van der Waals surface area contributed by atoms with E-state index in [1.807, 2.05) is 0 Å². The Morgan fingerprint density at radius 3 is 2.00 bits per heavy atom. The molecule has 0 aliphatic heterocycles. The Labute approximate surface area is 79.5 Å². The van der Waals surface area contributed by atoms with Crippen LogP contribution in [-0.2, 0) is 9.47 Å². The minimum Gasteiger partial charge on any atom is -0.393 e. The average Bonchev–Trinajstić information content (AvgIpc) is 2.05. The molecule has 0 bridgehead atoms. The van der Waals surface area contributed by atoms with Gasteiger partial charge in [-0.1, -0.05) is 0 Å². The third-order valence-corrected chi connectivity index (χ3v) is 1.87. The van der Waals surface area contributed by atoms with Crippen LogP contribution in [0, 0.1) is 0 Å². The van der Waals surface area contributed by atoms with Crippen molar-refractivity contribution in [1.82, 2.24) is 0 Å². The van der Waals surface area contributed by atoms with Crippen molar-refractivity contribution in [3.63, 3.8) is 0 Å². The van der Waals surface area contributed by atoms with E-state index in [1.54, 1.807) is 21.1 Å². The van der Waals surface area contributed by atoms with Gasteiger partial charge < -0.3 is 19.7 Å². The lowest BCUT2D eigenvalue weighted by atomic mass is 10.1. The van der Waals surface area contributed by atoms with E-state index in [1.165, 1.54) is 0 Å². The fourth-order valence-corrected chi connectivity index (χ4v) is 1.17. The largest absolute Gasteiger partial charge is 0.393 e. The van der Waals surface area contributed by atoms with Crippen molar-refractivity contribution in [1.29, 1.82) is 0 Å². The quantitative estimate of drug-likeness (QED) is 0.577. The number of hydrogen-bond donors (Lipinski definition) is 2. The number of methoxy groups -OCH3 is 2. The molecule has 0 rings (SSSR count). The van der Waals surface area contributed by atoms with Crippen LogP contribution < -0.4 is 0 Å². The van der Waals surface area contributed by atoms with Gasteiger partial charge in [-0.05, 0) is 19.8 Å². The summed E-state index contributed by atoms with van der Waals surface area (Å²) in [5, 5.41) is 18.4. The molecule has 0 aromatic heterocycles. The van der Waals surface area contributed by atoms with Crippen LogP contribution in [0.5, 0.6) is 0 Å². The lowest BCUT2D eigenvalue weighted by molar-refractivity contribution is -0.111. The first kappa shape index (κ1) is 12.8. The highest BCUT2D eigenvalue weighted by atomic mass is 16.7. The first-order chi connectivity index (χ1) is 6.10. The van der Waals surface area contributed by atoms with E-state index in [-0.39, 0.29) is 6.29 Å². The highest BCUT2D eigenvalue weighted by Gasteiger charge is 2.11. The Hall–Kier alpha value is -0.160. The Morgan fingerprint density at radius 2 is 1.62 bits per heavy atom. The Kier molecular flexibility index (Phi) is 7.17. The summed E-state index contributed by atoms with van der Waals surface area (Å²) in [5.74, 6) is 0. The van der Waals surface area contributed by atoms with E-state index in [4.69, 9.17) is 14.6 Å². The van der Waals surface area contributed by atoms with Crippen LogP contribution in [-0.4, -0.2) is 42.9 Å². The van der Waals surface area contributed by atoms with Crippen LogP contribution >= 0.6 is 0 Å². The molecule has 0 aromatic rings. The fraction of sp³-hybridized carbons (Fsp3) is 1.00. The van der Waals surface area contributed by atoms with Gasteiger partial charge in [-0.2, -0.15) is 0 Å². The maximum atomic E-state index is 9.39. The maximum Gasteiger partial charge on any atom is 0.156 e. The van der Waals surface area contributed by atoms with Crippen molar-refractivity contribution >= 4 is 0 Å². The second-order valence-electron chi connectivity index (χ2n) is 3.22. The van der Waals surface area contributed by atoms with Gasteiger partial charge in [-0.15, -0.1) is 0 Å². The minimum absolute atomic E-state index is 0.261. The first-order valence-corrected chi connectivity index (χ1v) is 4.51. The third-order valence-electron chi connectivity index (χ3n) is 1.87. The van der Waals surface area contributed by atoms with Gasteiger partial charge in [0.2, 0.25) is 0 Å². The van der Waals surface area contributed by atoms with Gasteiger partial charge in [0.1, 0.15) is 0 Å². The summed E-state index contributed by atoms with van der Waals surface area (Å²) in [6, 6.07) is 0. The maximum absolute atomic E-state index is 9.39. The lowest BCUT2D eigenvalue weighted by Gasteiger charge is -2.16. The summed E-state index contributed by atoms with van der Waals surface area (Å²) in [7, 11) is 3.13. The lowest BCUT2D eigenvalue weighted by Crippen LogP contribution is -2.19. The zero-order valence-electron chi connectivity index (χ0n) is 8.56. The standard InChI is InChI=1S/C9H20O4/c1-7(10)6-8(11)4-5-9(12-2)13-3/h7-11H,4-6H2,1-3H3/t7-,8+/m1/s1. The summed E-state index contributed by atoms with van der Waals surface area (Å²) < 4.78 is 9.92. The van der Waals surface area contributed by atoms with E-state index in [0.717, 1.165) is 0 Å². The Balaban J connectivity index is 3.49. The van der Waals surface area contributed by atoms with Gasteiger partial charge in [0, 0.05) is 20.6 Å². The monoisotopic (exact) mass is 192 g/mol.